The fraction of sp³-hybridized carbons (Fsp3) is 0.684. The van der Waals surface area contributed by atoms with Gasteiger partial charge in [0.25, 0.3) is 5.89 Å². The Labute approximate surface area is 166 Å². The van der Waals surface area contributed by atoms with Gasteiger partial charge < -0.3 is 14.0 Å². The predicted molar refractivity (Wildman–Crippen MR) is 106 cm³/mol. The van der Waals surface area contributed by atoms with E-state index < -0.39 is 10.0 Å². The van der Waals surface area contributed by atoms with Gasteiger partial charge in [0.05, 0.1) is 5.56 Å². The van der Waals surface area contributed by atoms with Gasteiger partial charge in [-0.15, -0.1) is 0 Å². The molecule has 154 valence electrons. The summed E-state index contributed by atoms with van der Waals surface area (Å²) in [5.74, 6) is 1.37. The molecule has 3 heterocycles. The summed E-state index contributed by atoms with van der Waals surface area (Å²) in [5.41, 5.74) is 2.16. The largest absolute Gasteiger partial charge is 0.347 e. The van der Waals surface area contributed by atoms with E-state index in [0.717, 1.165) is 43.7 Å². The lowest BCUT2D eigenvalue weighted by Gasteiger charge is -2.21. The molecule has 0 radical (unpaired) electrons. The lowest BCUT2D eigenvalue weighted by molar-refractivity contribution is 0.347. The third-order valence-electron chi connectivity index (χ3n) is 5.92. The molecule has 0 atom stereocenters. The highest BCUT2D eigenvalue weighted by Crippen LogP contribution is 2.41. The van der Waals surface area contributed by atoms with Crippen molar-refractivity contribution in [1.29, 1.82) is 0 Å². The van der Waals surface area contributed by atoms with E-state index >= 15 is 0 Å². The van der Waals surface area contributed by atoms with Crippen LogP contribution in [0.1, 0.15) is 49.3 Å². The number of aromatic nitrogens is 3. The van der Waals surface area contributed by atoms with E-state index in [-0.39, 0.29) is 0 Å². The first-order valence-corrected chi connectivity index (χ1v) is 11.5. The van der Waals surface area contributed by atoms with Gasteiger partial charge in [-0.2, -0.15) is 9.29 Å². The maximum absolute atomic E-state index is 13.7. The van der Waals surface area contributed by atoms with Gasteiger partial charge >= 0.3 is 0 Å². The molecule has 1 aliphatic carbocycles. The van der Waals surface area contributed by atoms with Crippen LogP contribution in [0.4, 0.5) is 0 Å². The molecule has 1 aliphatic heterocycles. The maximum Gasteiger partial charge on any atom is 0.261 e. The highest BCUT2D eigenvalue weighted by atomic mass is 32.2. The highest BCUT2D eigenvalue weighted by Gasteiger charge is 2.37. The lowest BCUT2D eigenvalue weighted by atomic mass is 10.2. The van der Waals surface area contributed by atoms with Crippen molar-refractivity contribution < 1.29 is 12.9 Å². The third kappa shape index (κ3) is 3.29. The van der Waals surface area contributed by atoms with Crippen molar-refractivity contribution in [2.45, 2.75) is 57.4 Å². The SMILES string of the molecule is CCn1c(C)c(-c2nc(C3CC3)no2)c(S(=O)(=O)N2CCCN(C)CC2)c1C. The van der Waals surface area contributed by atoms with Crippen molar-refractivity contribution in [1.82, 2.24) is 23.9 Å². The maximum atomic E-state index is 13.7. The molecule has 1 saturated heterocycles. The van der Waals surface area contributed by atoms with Crippen LogP contribution in [0.15, 0.2) is 9.42 Å². The summed E-state index contributed by atoms with van der Waals surface area (Å²) in [7, 11) is -1.64. The van der Waals surface area contributed by atoms with Crippen molar-refractivity contribution in [3.8, 4) is 11.5 Å². The Morgan fingerprint density at radius 1 is 1.11 bits per heavy atom. The van der Waals surface area contributed by atoms with Gasteiger partial charge in [0.15, 0.2) is 5.82 Å². The summed E-state index contributed by atoms with van der Waals surface area (Å²) in [6, 6.07) is 0. The van der Waals surface area contributed by atoms with Gasteiger partial charge in [0.1, 0.15) is 4.90 Å². The minimum atomic E-state index is -3.67. The van der Waals surface area contributed by atoms with Crippen LogP contribution in [0.25, 0.3) is 11.5 Å². The van der Waals surface area contributed by atoms with E-state index in [1.807, 2.05) is 32.4 Å². The van der Waals surface area contributed by atoms with Gasteiger partial charge in [0.2, 0.25) is 10.0 Å². The van der Waals surface area contributed by atoms with Crippen LogP contribution in [0.3, 0.4) is 0 Å². The number of hydrogen-bond acceptors (Lipinski definition) is 6. The molecule has 2 fully saturated rings. The Bertz CT molecular complexity index is 974. The molecule has 2 aliphatic rings. The second-order valence-corrected chi connectivity index (χ2v) is 9.79. The second-order valence-electron chi connectivity index (χ2n) is 7.91. The van der Waals surface area contributed by atoms with Crippen LogP contribution in [-0.4, -0.2) is 65.6 Å². The van der Waals surface area contributed by atoms with Crippen molar-refractivity contribution >= 4 is 10.0 Å². The molecule has 0 aromatic carbocycles. The average molecular weight is 408 g/mol. The fourth-order valence-corrected chi connectivity index (χ4v) is 6.06. The van der Waals surface area contributed by atoms with E-state index in [2.05, 4.69) is 15.0 Å². The zero-order valence-electron chi connectivity index (χ0n) is 17.1. The normalized spacial score (nSPS) is 19.9. The summed E-state index contributed by atoms with van der Waals surface area (Å²) in [6.45, 7) is 9.16. The Hall–Kier alpha value is -1.71. The molecule has 8 nitrogen and oxygen atoms in total. The van der Waals surface area contributed by atoms with E-state index in [1.165, 1.54) is 0 Å². The zero-order valence-corrected chi connectivity index (χ0v) is 17.9. The zero-order chi connectivity index (χ0) is 20.1. The number of nitrogens with zero attached hydrogens (tertiary/aromatic N) is 5. The molecule has 0 unspecified atom stereocenters. The molecule has 0 spiro atoms. The molecule has 28 heavy (non-hydrogen) atoms. The monoisotopic (exact) mass is 407 g/mol. The van der Waals surface area contributed by atoms with E-state index in [0.29, 0.717) is 47.7 Å². The van der Waals surface area contributed by atoms with Crippen molar-refractivity contribution in [3.63, 3.8) is 0 Å². The van der Waals surface area contributed by atoms with E-state index in [4.69, 9.17) is 4.52 Å². The summed E-state index contributed by atoms with van der Waals surface area (Å²) >= 11 is 0. The Kier molecular flexibility index (Phi) is 5.09. The van der Waals surface area contributed by atoms with Crippen LogP contribution in [0.5, 0.6) is 0 Å². The van der Waals surface area contributed by atoms with Crippen molar-refractivity contribution in [3.05, 3.63) is 17.2 Å². The van der Waals surface area contributed by atoms with Crippen LogP contribution in [0.2, 0.25) is 0 Å². The minimum Gasteiger partial charge on any atom is -0.347 e. The van der Waals surface area contributed by atoms with E-state index in [9.17, 15) is 8.42 Å². The number of likely N-dealkylation sites (N-methyl/N-ethyl adjacent to an activating group) is 1. The number of rotatable bonds is 5. The quantitative estimate of drug-likeness (QED) is 0.757. The van der Waals surface area contributed by atoms with Crippen LogP contribution in [0, 0.1) is 13.8 Å². The van der Waals surface area contributed by atoms with Crippen LogP contribution < -0.4 is 0 Å². The van der Waals surface area contributed by atoms with Crippen molar-refractivity contribution in [2.24, 2.45) is 0 Å². The van der Waals surface area contributed by atoms with Gasteiger partial charge in [-0.25, -0.2) is 8.42 Å². The number of hydrogen-bond donors (Lipinski definition) is 0. The Morgan fingerprint density at radius 2 is 1.86 bits per heavy atom. The smallest absolute Gasteiger partial charge is 0.261 e. The highest BCUT2D eigenvalue weighted by molar-refractivity contribution is 7.89. The minimum absolute atomic E-state index is 0.320. The summed E-state index contributed by atoms with van der Waals surface area (Å²) in [5, 5.41) is 4.11. The van der Waals surface area contributed by atoms with Gasteiger partial charge in [0, 0.05) is 43.5 Å². The number of sulfonamides is 1. The standard InChI is InChI=1S/C19H29N5O3S/c1-5-24-13(2)16(19-20-18(21-27-19)15-7-8-15)17(14(24)3)28(25,26)23-10-6-9-22(4)11-12-23/h15H,5-12H2,1-4H3. The topological polar surface area (TPSA) is 84.5 Å². The predicted octanol–water partition coefficient (Wildman–Crippen LogP) is 2.38. The van der Waals surface area contributed by atoms with Gasteiger partial charge in [-0.05, 0) is 53.6 Å². The van der Waals surface area contributed by atoms with Crippen molar-refractivity contribution in [2.75, 3.05) is 33.2 Å². The Balaban J connectivity index is 1.82. The molecule has 2 aromatic rings. The summed E-state index contributed by atoms with van der Waals surface area (Å²) in [6.07, 6.45) is 2.96. The molecule has 0 amide bonds. The molecule has 9 heteroatoms. The second kappa shape index (κ2) is 7.27. The summed E-state index contributed by atoms with van der Waals surface area (Å²) in [4.78, 5) is 7.05. The molecule has 1 saturated carbocycles. The Morgan fingerprint density at radius 3 is 2.54 bits per heavy atom. The molecular weight excluding hydrogens is 378 g/mol. The molecular formula is C19H29N5O3S. The van der Waals surface area contributed by atoms with Gasteiger partial charge in [-0.3, -0.25) is 0 Å². The van der Waals surface area contributed by atoms with Crippen LogP contribution in [-0.2, 0) is 16.6 Å². The third-order valence-corrected chi connectivity index (χ3v) is 7.98. The first kappa shape index (κ1) is 19.6. The summed E-state index contributed by atoms with van der Waals surface area (Å²) < 4.78 is 36.6. The van der Waals surface area contributed by atoms with Gasteiger partial charge in [-0.1, -0.05) is 5.16 Å². The average Bonchev–Trinajstić information content (AvgIpc) is 3.37. The van der Waals surface area contributed by atoms with Crippen LogP contribution >= 0.6 is 0 Å². The molecule has 0 N–H and O–H groups in total. The lowest BCUT2D eigenvalue weighted by Crippen LogP contribution is -2.35. The molecule has 0 bridgehead atoms. The first-order valence-electron chi connectivity index (χ1n) is 10.1. The molecule has 4 rings (SSSR count). The fourth-order valence-electron chi connectivity index (χ4n) is 4.13. The van der Waals surface area contributed by atoms with E-state index in [1.54, 1.807) is 4.31 Å². The molecule has 2 aromatic heterocycles. The first-order chi connectivity index (χ1) is 13.3.